The average Bonchev–Trinajstić information content (AvgIpc) is 2.20. The zero-order chi connectivity index (χ0) is 10.6. The molecule has 5 heteroatoms. The lowest BCUT2D eigenvalue weighted by atomic mass is 10.3. The van der Waals surface area contributed by atoms with Crippen molar-refractivity contribution in [1.29, 1.82) is 0 Å². The van der Waals surface area contributed by atoms with Crippen LogP contribution in [0.4, 0.5) is 10.1 Å². The molecule has 0 saturated heterocycles. The molecule has 0 radical (unpaired) electrons. The number of nitrogens with two attached hydrogens (primary N) is 1. The van der Waals surface area contributed by atoms with Gasteiger partial charge in [-0.2, -0.15) is 0 Å². The fraction of sp³-hybridized carbons (Fsp3) is 0.222. The van der Waals surface area contributed by atoms with Gasteiger partial charge in [0, 0.05) is 6.07 Å². The lowest BCUT2D eigenvalue weighted by Crippen LogP contribution is -2.22. The fourth-order valence-corrected chi connectivity index (χ4v) is 0.970. The van der Waals surface area contributed by atoms with Gasteiger partial charge >= 0.3 is 0 Å². The molecule has 0 aliphatic heterocycles. The van der Waals surface area contributed by atoms with Gasteiger partial charge in [-0.05, 0) is 12.1 Å². The molecule has 1 rings (SSSR count). The number of hydrogen-bond donors (Lipinski definition) is 2. The molecule has 1 aromatic carbocycles. The van der Waals surface area contributed by atoms with Crippen molar-refractivity contribution >= 4 is 11.6 Å². The Balaban J connectivity index is 2.90. The van der Waals surface area contributed by atoms with Crippen LogP contribution in [0.5, 0.6) is 5.75 Å². The molecule has 0 aromatic heterocycles. The van der Waals surface area contributed by atoms with Crippen LogP contribution in [0.2, 0.25) is 0 Å². The number of rotatable bonds is 3. The molecule has 1 amide bonds. The van der Waals surface area contributed by atoms with Gasteiger partial charge in [-0.15, -0.1) is 0 Å². The third-order valence-electron chi connectivity index (χ3n) is 1.62. The Morgan fingerprint density at radius 1 is 1.64 bits per heavy atom. The first-order valence-electron chi connectivity index (χ1n) is 4.01. The smallest absolute Gasteiger partial charge is 0.238 e. The van der Waals surface area contributed by atoms with E-state index in [1.54, 1.807) is 0 Å². The summed E-state index contributed by atoms with van der Waals surface area (Å²) in [5.41, 5.74) is 5.52. The normalized spacial score (nSPS) is 9.64. The van der Waals surface area contributed by atoms with Crippen LogP contribution in [0.25, 0.3) is 0 Å². The summed E-state index contributed by atoms with van der Waals surface area (Å²) in [6, 6.07) is 3.84. The minimum absolute atomic E-state index is 0.124. The van der Waals surface area contributed by atoms with Gasteiger partial charge in [-0.3, -0.25) is 4.79 Å². The van der Waals surface area contributed by atoms with E-state index >= 15 is 0 Å². The maximum Gasteiger partial charge on any atom is 0.238 e. The molecule has 1 aromatic rings. The number of nitrogens with one attached hydrogen (secondary N) is 1. The molecule has 14 heavy (non-hydrogen) atoms. The lowest BCUT2D eigenvalue weighted by Gasteiger charge is -2.08. The highest BCUT2D eigenvalue weighted by Gasteiger charge is 2.06. The van der Waals surface area contributed by atoms with Crippen LogP contribution in [0, 0.1) is 5.82 Å². The molecule has 0 fully saturated rings. The molecule has 4 nitrogen and oxygen atoms in total. The highest BCUT2D eigenvalue weighted by atomic mass is 19.1. The van der Waals surface area contributed by atoms with Gasteiger partial charge in [0.15, 0.2) is 0 Å². The topological polar surface area (TPSA) is 64.3 Å². The number of halogens is 1. The summed E-state index contributed by atoms with van der Waals surface area (Å²) >= 11 is 0. The first-order chi connectivity index (χ1) is 6.67. The number of carbonyl (C=O) groups excluding carboxylic acids is 1. The first kappa shape index (κ1) is 10.5. The molecule has 0 unspecified atom stereocenters. The molecule has 0 heterocycles. The van der Waals surface area contributed by atoms with E-state index in [2.05, 4.69) is 5.32 Å². The third kappa shape index (κ3) is 2.43. The zero-order valence-corrected chi connectivity index (χ0v) is 7.71. The standard InChI is InChI=1S/C9H11FN2O2/c1-14-8-4-6(10)2-3-7(8)12-9(13)5-11/h2-4H,5,11H2,1H3,(H,12,13). The van der Waals surface area contributed by atoms with Crippen LogP contribution in [0.15, 0.2) is 18.2 Å². The van der Waals surface area contributed by atoms with Gasteiger partial charge in [0.05, 0.1) is 19.3 Å². The van der Waals surface area contributed by atoms with E-state index < -0.39 is 5.82 Å². The molecule has 0 spiro atoms. The van der Waals surface area contributed by atoms with E-state index in [-0.39, 0.29) is 18.2 Å². The Labute approximate surface area is 80.9 Å². The second-order valence-corrected chi connectivity index (χ2v) is 2.60. The quantitative estimate of drug-likeness (QED) is 0.752. The SMILES string of the molecule is COc1cc(F)ccc1NC(=O)CN. The van der Waals surface area contributed by atoms with Crippen LogP contribution in [0.3, 0.4) is 0 Å². The molecule has 0 aliphatic rings. The van der Waals surface area contributed by atoms with Gasteiger partial charge in [-0.1, -0.05) is 0 Å². The van der Waals surface area contributed by atoms with E-state index in [1.807, 2.05) is 0 Å². The first-order valence-corrected chi connectivity index (χ1v) is 4.01. The van der Waals surface area contributed by atoms with Gasteiger partial charge in [-0.25, -0.2) is 4.39 Å². The van der Waals surface area contributed by atoms with Crippen LogP contribution >= 0.6 is 0 Å². The van der Waals surface area contributed by atoms with Crippen molar-refractivity contribution in [2.45, 2.75) is 0 Å². The van der Waals surface area contributed by atoms with Crippen molar-refractivity contribution in [3.8, 4) is 5.75 Å². The average molecular weight is 198 g/mol. The van der Waals surface area contributed by atoms with Crippen LogP contribution in [0.1, 0.15) is 0 Å². The Morgan fingerprint density at radius 3 is 2.93 bits per heavy atom. The van der Waals surface area contributed by atoms with Gasteiger partial charge in [0.25, 0.3) is 0 Å². The summed E-state index contributed by atoms with van der Waals surface area (Å²) in [4.78, 5) is 10.9. The van der Waals surface area contributed by atoms with Crippen molar-refractivity contribution < 1.29 is 13.9 Å². The Hall–Kier alpha value is -1.62. The summed E-state index contributed by atoms with van der Waals surface area (Å²) in [6.45, 7) is -0.124. The van der Waals surface area contributed by atoms with Crippen molar-refractivity contribution in [2.24, 2.45) is 5.73 Å². The fourth-order valence-electron chi connectivity index (χ4n) is 0.970. The Bertz CT molecular complexity index is 342. The van der Waals surface area contributed by atoms with Gasteiger partial charge in [0.1, 0.15) is 11.6 Å². The van der Waals surface area contributed by atoms with Crippen molar-refractivity contribution in [3.05, 3.63) is 24.0 Å². The molecule has 0 aliphatic carbocycles. The number of methoxy groups -OCH3 is 1. The maximum atomic E-state index is 12.7. The minimum atomic E-state index is -0.424. The molecule has 0 bridgehead atoms. The molecule has 3 N–H and O–H groups in total. The van der Waals surface area contributed by atoms with Gasteiger partial charge in [0.2, 0.25) is 5.91 Å². The lowest BCUT2D eigenvalue weighted by molar-refractivity contribution is -0.114. The number of anilines is 1. The number of ether oxygens (including phenoxy) is 1. The zero-order valence-electron chi connectivity index (χ0n) is 7.71. The van der Waals surface area contributed by atoms with Crippen LogP contribution in [-0.4, -0.2) is 19.6 Å². The predicted octanol–water partition coefficient (Wildman–Crippen LogP) is 0.732. The van der Waals surface area contributed by atoms with Crippen molar-refractivity contribution in [2.75, 3.05) is 19.0 Å². The largest absolute Gasteiger partial charge is 0.494 e. The van der Waals surface area contributed by atoms with Crippen LogP contribution < -0.4 is 15.8 Å². The molecule has 0 atom stereocenters. The highest BCUT2D eigenvalue weighted by molar-refractivity contribution is 5.93. The van der Waals surface area contributed by atoms with Crippen LogP contribution in [-0.2, 0) is 4.79 Å². The van der Waals surface area contributed by atoms with E-state index in [4.69, 9.17) is 10.5 Å². The molecule has 76 valence electrons. The number of amides is 1. The van der Waals surface area contributed by atoms with Crippen molar-refractivity contribution in [3.63, 3.8) is 0 Å². The number of hydrogen-bond acceptors (Lipinski definition) is 3. The summed E-state index contributed by atoms with van der Waals surface area (Å²) in [7, 11) is 1.40. The molecular formula is C9H11FN2O2. The summed E-state index contributed by atoms with van der Waals surface area (Å²) < 4.78 is 17.6. The third-order valence-corrected chi connectivity index (χ3v) is 1.62. The van der Waals surface area contributed by atoms with E-state index in [0.717, 1.165) is 0 Å². The molecular weight excluding hydrogens is 187 g/mol. The maximum absolute atomic E-state index is 12.7. The van der Waals surface area contributed by atoms with Crippen molar-refractivity contribution in [1.82, 2.24) is 0 Å². The summed E-state index contributed by atoms with van der Waals surface area (Å²) in [5, 5.41) is 2.48. The molecule has 0 saturated carbocycles. The predicted molar refractivity (Wildman–Crippen MR) is 50.6 cm³/mol. The Morgan fingerprint density at radius 2 is 2.36 bits per heavy atom. The Kier molecular flexibility index (Phi) is 3.41. The van der Waals surface area contributed by atoms with E-state index in [1.165, 1.54) is 25.3 Å². The number of benzene rings is 1. The number of carbonyl (C=O) groups is 1. The highest BCUT2D eigenvalue weighted by Crippen LogP contribution is 2.24. The monoisotopic (exact) mass is 198 g/mol. The van der Waals surface area contributed by atoms with Gasteiger partial charge < -0.3 is 15.8 Å². The van der Waals surface area contributed by atoms with E-state index in [0.29, 0.717) is 5.69 Å². The summed E-state index contributed by atoms with van der Waals surface area (Å²) in [6.07, 6.45) is 0. The second kappa shape index (κ2) is 4.57. The van der Waals surface area contributed by atoms with E-state index in [9.17, 15) is 9.18 Å². The summed E-state index contributed by atoms with van der Waals surface area (Å²) in [5.74, 6) is -0.505. The second-order valence-electron chi connectivity index (χ2n) is 2.60. The minimum Gasteiger partial charge on any atom is -0.494 e.